The van der Waals surface area contributed by atoms with Gasteiger partial charge in [0.2, 0.25) is 0 Å². The van der Waals surface area contributed by atoms with Gasteiger partial charge in [-0.25, -0.2) is 8.78 Å². The Kier molecular flexibility index (Phi) is 4.62. The molecule has 0 spiro atoms. The molecule has 98 valence electrons. The van der Waals surface area contributed by atoms with Gasteiger partial charge in [-0.3, -0.25) is 0 Å². The summed E-state index contributed by atoms with van der Waals surface area (Å²) in [6.07, 6.45) is 1.30. The molecule has 0 saturated heterocycles. The molecule has 3 N–H and O–H groups in total. The molecule has 0 unspecified atom stereocenters. The third-order valence-electron chi connectivity index (χ3n) is 3.31. The van der Waals surface area contributed by atoms with E-state index in [0.29, 0.717) is 12.8 Å². The molecule has 0 fully saturated rings. The number of rotatable bonds is 5. The largest absolute Gasteiger partial charge is 0.374 e. The Balaban J connectivity index is 3.15. The first kappa shape index (κ1) is 14.4. The van der Waals surface area contributed by atoms with Crippen molar-refractivity contribution >= 4 is 5.69 Å². The number of nitrogens with two attached hydrogens (primary N) is 1. The molecule has 0 saturated carbocycles. The summed E-state index contributed by atoms with van der Waals surface area (Å²) in [6, 6.07) is 3.73. The fourth-order valence-corrected chi connectivity index (χ4v) is 1.79. The van der Waals surface area contributed by atoms with Crippen molar-refractivity contribution in [1.29, 1.82) is 5.26 Å². The Bertz CT molecular complexity index is 431. The first-order valence-electron chi connectivity index (χ1n) is 5.89. The summed E-state index contributed by atoms with van der Waals surface area (Å²) in [5, 5.41) is 11.5. The summed E-state index contributed by atoms with van der Waals surface area (Å²) in [6.45, 7) is 4.09. The summed E-state index contributed by atoms with van der Waals surface area (Å²) < 4.78 is 27.5. The number of nitrogens with zero attached hydrogens (tertiary/aromatic N) is 1. The third kappa shape index (κ3) is 2.77. The van der Waals surface area contributed by atoms with Crippen molar-refractivity contribution in [2.24, 2.45) is 5.73 Å². The van der Waals surface area contributed by atoms with Gasteiger partial charge in [-0.2, -0.15) is 5.26 Å². The molecular weight excluding hydrogens is 236 g/mol. The smallest absolute Gasteiger partial charge is 0.150 e. The van der Waals surface area contributed by atoms with Gasteiger partial charge in [-0.1, -0.05) is 13.8 Å². The van der Waals surface area contributed by atoms with Crippen LogP contribution >= 0.6 is 0 Å². The van der Waals surface area contributed by atoms with Crippen LogP contribution in [0.4, 0.5) is 14.5 Å². The number of halogens is 2. The molecule has 1 aromatic rings. The predicted molar refractivity (Wildman–Crippen MR) is 67.1 cm³/mol. The van der Waals surface area contributed by atoms with Crippen LogP contribution in [0.5, 0.6) is 0 Å². The highest BCUT2D eigenvalue weighted by Gasteiger charge is 2.26. The topological polar surface area (TPSA) is 61.8 Å². The summed E-state index contributed by atoms with van der Waals surface area (Å²) >= 11 is 0. The van der Waals surface area contributed by atoms with Gasteiger partial charge in [0.1, 0.15) is 5.69 Å². The van der Waals surface area contributed by atoms with E-state index < -0.39 is 17.2 Å². The van der Waals surface area contributed by atoms with Gasteiger partial charge in [0.05, 0.1) is 11.6 Å². The average Bonchev–Trinajstić information content (AvgIpc) is 2.39. The standard InChI is InChI=1S/C13H17F2N3/c1-3-13(4-2,8-17)18-12-10(14)5-9(7-16)6-11(12)15/h5-6,18H,3-4,8,17H2,1-2H3. The minimum absolute atomic E-state index is 0.0399. The van der Waals surface area contributed by atoms with E-state index in [-0.39, 0.29) is 17.8 Å². The number of hydrogen-bond donors (Lipinski definition) is 2. The Hall–Kier alpha value is -1.67. The van der Waals surface area contributed by atoms with E-state index >= 15 is 0 Å². The van der Waals surface area contributed by atoms with E-state index in [0.717, 1.165) is 12.1 Å². The lowest BCUT2D eigenvalue weighted by Crippen LogP contribution is -2.44. The normalized spacial score (nSPS) is 11.1. The molecule has 0 aliphatic carbocycles. The van der Waals surface area contributed by atoms with Crippen molar-refractivity contribution in [2.45, 2.75) is 32.2 Å². The van der Waals surface area contributed by atoms with Crippen molar-refractivity contribution in [1.82, 2.24) is 0 Å². The highest BCUT2D eigenvalue weighted by Crippen LogP contribution is 2.27. The first-order chi connectivity index (χ1) is 8.51. The Morgan fingerprint density at radius 1 is 1.28 bits per heavy atom. The molecule has 5 heteroatoms. The van der Waals surface area contributed by atoms with Crippen LogP contribution in [0.2, 0.25) is 0 Å². The number of nitrogens with one attached hydrogen (secondary N) is 1. The van der Waals surface area contributed by atoms with Gasteiger partial charge in [-0.05, 0) is 25.0 Å². The SMILES string of the molecule is CCC(CC)(CN)Nc1c(F)cc(C#N)cc1F. The molecule has 0 aliphatic heterocycles. The van der Waals surface area contributed by atoms with Crippen molar-refractivity contribution in [3.8, 4) is 6.07 Å². The predicted octanol–water partition coefficient (Wildman–Crippen LogP) is 2.77. The van der Waals surface area contributed by atoms with Crippen molar-refractivity contribution in [2.75, 3.05) is 11.9 Å². The van der Waals surface area contributed by atoms with E-state index in [1.807, 2.05) is 13.8 Å². The molecule has 1 rings (SSSR count). The van der Waals surface area contributed by atoms with Gasteiger partial charge in [0.15, 0.2) is 11.6 Å². The second-order valence-electron chi connectivity index (χ2n) is 4.24. The maximum Gasteiger partial charge on any atom is 0.150 e. The number of anilines is 1. The zero-order chi connectivity index (χ0) is 13.8. The minimum atomic E-state index is -0.772. The van der Waals surface area contributed by atoms with Gasteiger partial charge in [0.25, 0.3) is 0 Å². The van der Waals surface area contributed by atoms with Crippen molar-refractivity contribution in [3.05, 3.63) is 29.3 Å². The zero-order valence-electron chi connectivity index (χ0n) is 10.6. The molecule has 0 amide bonds. The molecule has 0 bridgehead atoms. The fourth-order valence-electron chi connectivity index (χ4n) is 1.79. The number of benzene rings is 1. The molecule has 3 nitrogen and oxygen atoms in total. The van der Waals surface area contributed by atoms with E-state index in [1.54, 1.807) is 6.07 Å². The average molecular weight is 253 g/mol. The Morgan fingerprint density at radius 2 is 1.78 bits per heavy atom. The number of nitriles is 1. The maximum absolute atomic E-state index is 13.7. The minimum Gasteiger partial charge on any atom is -0.374 e. The summed E-state index contributed by atoms with van der Waals surface area (Å²) in [5.74, 6) is -1.54. The molecule has 0 heterocycles. The molecule has 0 aliphatic rings. The third-order valence-corrected chi connectivity index (χ3v) is 3.31. The van der Waals surface area contributed by atoms with Crippen LogP contribution < -0.4 is 11.1 Å². The molecule has 0 atom stereocenters. The quantitative estimate of drug-likeness (QED) is 0.848. The Morgan fingerprint density at radius 3 is 2.11 bits per heavy atom. The van der Waals surface area contributed by atoms with Gasteiger partial charge < -0.3 is 11.1 Å². The van der Waals surface area contributed by atoms with E-state index in [2.05, 4.69) is 5.32 Å². The maximum atomic E-state index is 13.7. The lowest BCUT2D eigenvalue weighted by Gasteiger charge is -2.33. The van der Waals surface area contributed by atoms with Crippen LogP contribution in [-0.4, -0.2) is 12.1 Å². The lowest BCUT2D eigenvalue weighted by molar-refractivity contribution is 0.437. The molecule has 1 aromatic carbocycles. The first-order valence-corrected chi connectivity index (χ1v) is 5.89. The van der Waals surface area contributed by atoms with Crippen LogP contribution in [0.25, 0.3) is 0 Å². The molecule has 18 heavy (non-hydrogen) atoms. The van der Waals surface area contributed by atoms with E-state index in [9.17, 15) is 8.78 Å². The summed E-state index contributed by atoms with van der Waals surface area (Å²) in [7, 11) is 0. The molecular formula is C13H17F2N3. The van der Waals surface area contributed by atoms with Crippen LogP contribution in [0.3, 0.4) is 0 Å². The monoisotopic (exact) mass is 253 g/mol. The zero-order valence-corrected chi connectivity index (χ0v) is 10.6. The van der Waals surface area contributed by atoms with Gasteiger partial charge in [-0.15, -0.1) is 0 Å². The van der Waals surface area contributed by atoms with Gasteiger partial charge in [0, 0.05) is 12.1 Å². The second-order valence-corrected chi connectivity index (χ2v) is 4.24. The van der Waals surface area contributed by atoms with E-state index in [4.69, 9.17) is 11.0 Å². The fraction of sp³-hybridized carbons (Fsp3) is 0.462. The molecule has 0 radical (unpaired) electrons. The highest BCUT2D eigenvalue weighted by atomic mass is 19.1. The van der Waals surface area contributed by atoms with Crippen LogP contribution in [-0.2, 0) is 0 Å². The van der Waals surface area contributed by atoms with Crippen molar-refractivity contribution in [3.63, 3.8) is 0 Å². The van der Waals surface area contributed by atoms with E-state index in [1.165, 1.54) is 0 Å². The highest BCUT2D eigenvalue weighted by molar-refractivity contribution is 5.52. The summed E-state index contributed by atoms with van der Waals surface area (Å²) in [5.41, 5.74) is 4.88. The lowest BCUT2D eigenvalue weighted by atomic mass is 9.92. The number of hydrogen-bond acceptors (Lipinski definition) is 3. The summed E-state index contributed by atoms with van der Waals surface area (Å²) in [4.78, 5) is 0. The second kappa shape index (κ2) is 5.78. The van der Waals surface area contributed by atoms with Gasteiger partial charge >= 0.3 is 0 Å². The Labute approximate surface area is 106 Å². The van der Waals surface area contributed by atoms with Crippen LogP contribution in [0.1, 0.15) is 32.3 Å². The molecule has 0 aromatic heterocycles. The van der Waals surface area contributed by atoms with Crippen LogP contribution in [0.15, 0.2) is 12.1 Å². The van der Waals surface area contributed by atoms with Crippen LogP contribution in [0, 0.1) is 23.0 Å². The van der Waals surface area contributed by atoms with Crippen molar-refractivity contribution < 1.29 is 8.78 Å².